The van der Waals surface area contributed by atoms with E-state index in [1.54, 1.807) is 12.2 Å². The van der Waals surface area contributed by atoms with Crippen LogP contribution in [0.2, 0.25) is 0 Å². The maximum atomic E-state index is 13.6. The molecule has 0 amide bonds. The lowest BCUT2D eigenvalue weighted by Crippen LogP contribution is -2.15. The summed E-state index contributed by atoms with van der Waals surface area (Å²) < 4.78 is 19.5. The Balaban J connectivity index is 2.45. The number of hydrogen-bond acceptors (Lipinski definition) is 2. The molecule has 0 aliphatic heterocycles. The first-order valence-electron chi connectivity index (χ1n) is 5.36. The highest BCUT2D eigenvalue weighted by Crippen LogP contribution is 2.41. The van der Waals surface area contributed by atoms with Gasteiger partial charge in [0, 0.05) is 22.8 Å². The van der Waals surface area contributed by atoms with E-state index in [1.807, 2.05) is 0 Å². The summed E-state index contributed by atoms with van der Waals surface area (Å²) in [6.07, 6.45) is 10.7. The molecule has 4 heteroatoms. The van der Waals surface area contributed by atoms with Crippen LogP contribution < -0.4 is 0 Å². The molecule has 2 aliphatic rings. The normalized spacial score (nSPS) is 22.3. The van der Waals surface area contributed by atoms with E-state index >= 15 is 0 Å². The van der Waals surface area contributed by atoms with Gasteiger partial charge in [0.1, 0.15) is 11.6 Å². The molecule has 2 aliphatic carbocycles. The fraction of sp³-hybridized carbons (Fsp3) is 0.214. The van der Waals surface area contributed by atoms with Gasteiger partial charge in [-0.1, -0.05) is 12.0 Å². The summed E-state index contributed by atoms with van der Waals surface area (Å²) in [5, 5.41) is 0. The summed E-state index contributed by atoms with van der Waals surface area (Å²) >= 11 is 2.08. The molecule has 18 heavy (non-hydrogen) atoms. The van der Waals surface area contributed by atoms with Crippen LogP contribution in [-0.4, -0.2) is 5.97 Å². The first kappa shape index (κ1) is 13.1. The van der Waals surface area contributed by atoms with E-state index in [1.165, 1.54) is 13.0 Å². The van der Waals surface area contributed by atoms with Crippen LogP contribution in [0.4, 0.5) is 4.39 Å². The van der Waals surface area contributed by atoms with Crippen LogP contribution in [0.1, 0.15) is 13.3 Å². The Morgan fingerprint density at radius 3 is 3.00 bits per heavy atom. The fourth-order valence-corrected chi connectivity index (χ4v) is 3.08. The van der Waals surface area contributed by atoms with E-state index in [0.717, 1.165) is 9.15 Å². The molecule has 2 rings (SSSR count). The highest BCUT2D eigenvalue weighted by Gasteiger charge is 2.28. The Morgan fingerprint density at radius 2 is 2.39 bits per heavy atom. The van der Waals surface area contributed by atoms with Crippen LogP contribution >= 0.6 is 22.6 Å². The Labute approximate surface area is 118 Å². The van der Waals surface area contributed by atoms with E-state index in [4.69, 9.17) is 11.2 Å². The zero-order valence-corrected chi connectivity index (χ0v) is 11.8. The van der Waals surface area contributed by atoms with Crippen molar-refractivity contribution in [2.75, 3.05) is 0 Å². The van der Waals surface area contributed by atoms with Gasteiger partial charge in [-0.3, -0.25) is 4.79 Å². The molecular formula is C14H10FIO2. The van der Waals surface area contributed by atoms with Gasteiger partial charge in [0.25, 0.3) is 0 Å². The lowest BCUT2D eigenvalue weighted by Gasteiger charge is -2.26. The molecule has 0 aromatic heterocycles. The number of rotatable bonds is 1. The van der Waals surface area contributed by atoms with Gasteiger partial charge in [-0.05, 0) is 40.3 Å². The van der Waals surface area contributed by atoms with Gasteiger partial charge in [0.2, 0.25) is 0 Å². The molecule has 1 unspecified atom stereocenters. The third-order valence-corrected chi connectivity index (χ3v) is 3.63. The van der Waals surface area contributed by atoms with Gasteiger partial charge in [0.15, 0.2) is 0 Å². The minimum absolute atomic E-state index is 0.0261. The Bertz CT molecular complexity index is 573. The third-order valence-electron chi connectivity index (χ3n) is 2.74. The molecule has 1 atom stereocenters. The molecule has 0 fully saturated rings. The Kier molecular flexibility index (Phi) is 3.71. The van der Waals surface area contributed by atoms with Crippen molar-refractivity contribution in [3.63, 3.8) is 0 Å². The predicted molar refractivity (Wildman–Crippen MR) is 75.1 cm³/mol. The zero-order chi connectivity index (χ0) is 13.3. The molecule has 2 nitrogen and oxygen atoms in total. The lowest BCUT2D eigenvalue weighted by molar-refractivity contribution is -0.137. The van der Waals surface area contributed by atoms with Crippen LogP contribution in [-0.2, 0) is 9.53 Å². The van der Waals surface area contributed by atoms with Crippen molar-refractivity contribution in [1.29, 1.82) is 0 Å². The van der Waals surface area contributed by atoms with E-state index in [9.17, 15) is 9.18 Å². The molecule has 0 spiro atoms. The van der Waals surface area contributed by atoms with Crippen LogP contribution in [0.3, 0.4) is 0 Å². The second-order valence-electron chi connectivity index (χ2n) is 4.00. The fourth-order valence-electron chi connectivity index (χ4n) is 2.06. The summed E-state index contributed by atoms with van der Waals surface area (Å²) in [5.41, 5.74) is 1.10. The van der Waals surface area contributed by atoms with Crippen LogP contribution in [0.15, 0.2) is 44.5 Å². The van der Waals surface area contributed by atoms with E-state index in [-0.39, 0.29) is 17.7 Å². The molecule has 0 N–H and O–H groups in total. The number of halogens is 2. The number of hydrogen-bond donors (Lipinski definition) is 0. The Hall–Kier alpha value is -1.35. The van der Waals surface area contributed by atoms with Crippen LogP contribution in [0, 0.1) is 18.3 Å². The predicted octanol–water partition coefficient (Wildman–Crippen LogP) is 3.57. The zero-order valence-electron chi connectivity index (χ0n) is 9.67. The molecule has 0 saturated heterocycles. The van der Waals surface area contributed by atoms with Gasteiger partial charge in [-0.25, -0.2) is 4.39 Å². The van der Waals surface area contributed by atoms with Crippen molar-refractivity contribution in [2.45, 2.75) is 13.3 Å². The summed E-state index contributed by atoms with van der Waals surface area (Å²) in [7, 11) is 0. The number of allylic oxidation sites excluding steroid dienone is 8. The summed E-state index contributed by atoms with van der Waals surface area (Å²) in [6.45, 7) is 1.36. The highest BCUT2D eigenvalue weighted by atomic mass is 127. The number of fused-ring (bicyclic) bond motifs is 1. The van der Waals surface area contributed by atoms with Crippen molar-refractivity contribution in [3.05, 3.63) is 44.5 Å². The van der Waals surface area contributed by atoms with Gasteiger partial charge < -0.3 is 4.74 Å². The monoisotopic (exact) mass is 356 g/mol. The molecular weight excluding hydrogens is 346 g/mol. The van der Waals surface area contributed by atoms with Gasteiger partial charge in [-0.2, -0.15) is 0 Å². The minimum Gasteiger partial charge on any atom is -0.431 e. The van der Waals surface area contributed by atoms with Crippen molar-refractivity contribution in [1.82, 2.24) is 0 Å². The molecule has 0 aromatic rings. The number of ether oxygens (including phenoxy) is 1. The van der Waals surface area contributed by atoms with Crippen molar-refractivity contribution >= 4 is 28.6 Å². The quantitative estimate of drug-likeness (QED) is 0.408. The first-order chi connectivity index (χ1) is 8.52. The second kappa shape index (κ2) is 5.11. The maximum Gasteiger partial charge on any atom is 0.307 e. The summed E-state index contributed by atoms with van der Waals surface area (Å²) in [5.74, 6) is 2.21. The average Bonchev–Trinajstić information content (AvgIpc) is 2.29. The number of carbonyl (C=O) groups excluding carboxylic acids is 1. The Morgan fingerprint density at radius 1 is 1.67 bits per heavy atom. The SMILES string of the molecule is C#CC1=C(F)C=CC2CC(OC(C)=O)=CC(I)=C12. The number of terminal acetylenes is 1. The lowest BCUT2D eigenvalue weighted by atomic mass is 9.82. The summed E-state index contributed by atoms with van der Waals surface area (Å²) in [6, 6.07) is 0. The minimum atomic E-state index is -0.387. The smallest absolute Gasteiger partial charge is 0.307 e. The van der Waals surface area contributed by atoms with Crippen molar-refractivity contribution in [3.8, 4) is 12.3 Å². The van der Waals surface area contributed by atoms with Gasteiger partial charge in [-0.15, -0.1) is 6.42 Å². The van der Waals surface area contributed by atoms with E-state index in [0.29, 0.717) is 17.8 Å². The van der Waals surface area contributed by atoms with Crippen LogP contribution in [0.5, 0.6) is 0 Å². The average molecular weight is 356 g/mol. The van der Waals surface area contributed by atoms with Crippen molar-refractivity contribution in [2.24, 2.45) is 5.92 Å². The largest absolute Gasteiger partial charge is 0.431 e. The number of esters is 1. The molecule has 0 radical (unpaired) electrons. The van der Waals surface area contributed by atoms with Gasteiger partial charge >= 0.3 is 5.97 Å². The molecule has 92 valence electrons. The third kappa shape index (κ3) is 2.41. The van der Waals surface area contributed by atoms with E-state index in [2.05, 4.69) is 28.5 Å². The highest BCUT2D eigenvalue weighted by molar-refractivity contribution is 14.1. The molecule has 0 saturated carbocycles. The van der Waals surface area contributed by atoms with Gasteiger partial charge in [0.05, 0.1) is 5.57 Å². The molecule has 0 heterocycles. The topological polar surface area (TPSA) is 26.3 Å². The van der Waals surface area contributed by atoms with Crippen molar-refractivity contribution < 1.29 is 13.9 Å². The molecule has 0 aromatic carbocycles. The standard InChI is InChI=1S/C14H10FIO2/c1-3-11-12(15)5-4-9-6-10(18-8(2)17)7-13(16)14(9)11/h1,4-5,7,9H,6H2,2H3. The first-order valence-corrected chi connectivity index (χ1v) is 6.44. The molecule has 0 bridgehead atoms. The number of carbonyl (C=O) groups is 1. The summed E-state index contributed by atoms with van der Waals surface area (Å²) in [4.78, 5) is 11.0. The van der Waals surface area contributed by atoms with E-state index < -0.39 is 0 Å². The van der Waals surface area contributed by atoms with Crippen LogP contribution in [0.25, 0.3) is 0 Å². The maximum absolute atomic E-state index is 13.6. The second-order valence-corrected chi connectivity index (χ2v) is 5.17.